The molecular weight excluding hydrogens is 304 g/mol. The van der Waals surface area contributed by atoms with Gasteiger partial charge in [-0.25, -0.2) is 0 Å². The van der Waals surface area contributed by atoms with E-state index >= 15 is 0 Å². The van der Waals surface area contributed by atoms with Gasteiger partial charge in [-0.1, -0.05) is 73.1 Å². The first-order valence-electron chi connectivity index (χ1n) is 9.73. The third-order valence-electron chi connectivity index (χ3n) is 4.13. The zero-order chi connectivity index (χ0) is 18.4. The van der Waals surface area contributed by atoms with Crippen LogP contribution in [-0.4, -0.2) is 24.6 Å². The Balaban J connectivity index is 3.69. The van der Waals surface area contributed by atoms with E-state index in [1.807, 2.05) is 27.7 Å². The Hall–Kier alpha value is -1.06. The number of rotatable bonds is 14. The molecule has 142 valence electrons. The van der Waals surface area contributed by atoms with Crippen molar-refractivity contribution in [3.8, 4) is 0 Å². The number of hydrogen-bond donors (Lipinski definition) is 0. The van der Waals surface area contributed by atoms with Gasteiger partial charge in [0.05, 0.1) is 19.4 Å². The molecule has 0 aliphatic rings. The van der Waals surface area contributed by atoms with Crippen molar-refractivity contribution in [3.05, 3.63) is 0 Å². The zero-order valence-electron chi connectivity index (χ0n) is 16.4. The van der Waals surface area contributed by atoms with Gasteiger partial charge in [0, 0.05) is 0 Å². The molecule has 0 spiro atoms. The van der Waals surface area contributed by atoms with E-state index in [4.69, 9.17) is 9.47 Å². The molecule has 24 heavy (non-hydrogen) atoms. The van der Waals surface area contributed by atoms with Crippen LogP contribution in [0.5, 0.6) is 0 Å². The average Bonchev–Trinajstić information content (AvgIpc) is 2.52. The minimum Gasteiger partial charge on any atom is -0.466 e. The molecule has 0 rings (SSSR count). The fourth-order valence-electron chi connectivity index (χ4n) is 2.77. The van der Waals surface area contributed by atoms with E-state index < -0.39 is 0 Å². The summed E-state index contributed by atoms with van der Waals surface area (Å²) >= 11 is 0. The molecule has 0 radical (unpaired) electrons. The van der Waals surface area contributed by atoms with Crippen molar-refractivity contribution in [1.29, 1.82) is 0 Å². The van der Waals surface area contributed by atoms with E-state index in [1.165, 1.54) is 32.1 Å². The molecule has 0 unspecified atom stereocenters. The maximum atomic E-state index is 11.8. The smallest absolute Gasteiger partial charge is 0.306 e. The van der Waals surface area contributed by atoms with Crippen LogP contribution in [0.1, 0.15) is 92.4 Å². The third kappa shape index (κ3) is 12.4. The summed E-state index contributed by atoms with van der Waals surface area (Å²) in [5.41, 5.74) is 0. The van der Waals surface area contributed by atoms with Crippen molar-refractivity contribution < 1.29 is 19.1 Å². The third-order valence-corrected chi connectivity index (χ3v) is 4.13. The van der Waals surface area contributed by atoms with E-state index in [0.29, 0.717) is 6.61 Å². The fraction of sp³-hybridized carbons (Fsp3) is 0.900. The van der Waals surface area contributed by atoms with Crippen LogP contribution in [-0.2, 0) is 19.1 Å². The maximum absolute atomic E-state index is 11.8. The first-order valence-corrected chi connectivity index (χ1v) is 9.73. The molecular formula is C20H38O4. The number of ether oxygens (including phenoxy) is 2. The minimum atomic E-state index is -0.310. The van der Waals surface area contributed by atoms with E-state index in [0.717, 1.165) is 12.8 Å². The van der Waals surface area contributed by atoms with Gasteiger partial charge in [0.2, 0.25) is 0 Å². The molecule has 0 aromatic rings. The molecule has 4 nitrogen and oxygen atoms in total. The van der Waals surface area contributed by atoms with Crippen molar-refractivity contribution in [2.75, 3.05) is 6.61 Å². The molecule has 0 aromatic heterocycles. The lowest BCUT2D eigenvalue weighted by Gasteiger charge is -2.24. The first-order chi connectivity index (χ1) is 11.4. The average molecular weight is 343 g/mol. The quantitative estimate of drug-likeness (QED) is 0.318. The van der Waals surface area contributed by atoms with Crippen molar-refractivity contribution in [2.45, 2.75) is 98.5 Å². The van der Waals surface area contributed by atoms with Crippen molar-refractivity contribution in [1.82, 2.24) is 0 Å². The van der Waals surface area contributed by atoms with Gasteiger partial charge < -0.3 is 9.47 Å². The van der Waals surface area contributed by atoms with Gasteiger partial charge >= 0.3 is 11.9 Å². The van der Waals surface area contributed by atoms with Gasteiger partial charge in [0.15, 0.2) is 0 Å². The molecule has 0 amide bonds. The Morgan fingerprint density at radius 1 is 0.750 bits per heavy atom. The molecule has 0 bridgehead atoms. The minimum absolute atomic E-state index is 0.0961. The highest BCUT2D eigenvalue weighted by atomic mass is 16.5. The van der Waals surface area contributed by atoms with E-state index in [2.05, 4.69) is 6.92 Å². The van der Waals surface area contributed by atoms with Crippen LogP contribution in [0, 0.1) is 11.8 Å². The lowest BCUT2D eigenvalue weighted by Crippen LogP contribution is -2.29. The molecule has 0 atom stereocenters. The number of carbonyl (C=O) groups is 2. The van der Waals surface area contributed by atoms with Crippen LogP contribution in [0.3, 0.4) is 0 Å². The Kier molecular flexibility index (Phi) is 13.7. The van der Waals surface area contributed by atoms with Gasteiger partial charge in [-0.3, -0.25) is 9.59 Å². The summed E-state index contributed by atoms with van der Waals surface area (Å²) in [5.74, 6) is -0.0599. The Morgan fingerprint density at radius 2 is 1.25 bits per heavy atom. The van der Waals surface area contributed by atoms with Crippen molar-refractivity contribution in [2.24, 2.45) is 11.8 Å². The zero-order valence-corrected chi connectivity index (χ0v) is 16.4. The second kappa shape index (κ2) is 14.3. The predicted octanol–water partition coefficient (Wildman–Crippen LogP) is 5.28. The van der Waals surface area contributed by atoms with E-state index in [1.54, 1.807) is 0 Å². The van der Waals surface area contributed by atoms with Gasteiger partial charge in [0.1, 0.15) is 6.10 Å². The Labute approximate surface area is 148 Å². The normalized spacial score (nSPS) is 11.3. The predicted molar refractivity (Wildman–Crippen MR) is 97.7 cm³/mol. The molecule has 0 fully saturated rings. The van der Waals surface area contributed by atoms with Crippen LogP contribution in [0.4, 0.5) is 0 Å². The number of esters is 2. The summed E-state index contributed by atoms with van der Waals surface area (Å²) in [6.45, 7) is 10.8. The van der Waals surface area contributed by atoms with Gasteiger partial charge in [0.25, 0.3) is 0 Å². The first kappa shape index (κ1) is 22.9. The van der Waals surface area contributed by atoms with Crippen molar-refractivity contribution >= 4 is 11.9 Å². The van der Waals surface area contributed by atoms with E-state index in [-0.39, 0.29) is 42.7 Å². The highest BCUT2D eigenvalue weighted by Gasteiger charge is 2.22. The molecule has 0 heterocycles. The molecule has 0 N–H and O–H groups in total. The molecule has 0 aliphatic carbocycles. The molecule has 4 heteroatoms. The second-order valence-electron chi connectivity index (χ2n) is 7.28. The topological polar surface area (TPSA) is 52.6 Å². The molecule has 0 saturated heterocycles. The molecule has 0 aromatic carbocycles. The SMILES string of the molecule is CCCCCCCCCOC(=O)CCC(=O)OC(C(C)C)C(C)C. The highest BCUT2D eigenvalue weighted by Crippen LogP contribution is 2.17. The fourth-order valence-corrected chi connectivity index (χ4v) is 2.77. The van der Waals surface area contributed by atoms with E-state index in [9.17, 15) is 9.59 Å². The summed E-state index contributed by atoms with van der Waals surface area (Å²) in [6, 6.07) is 0. The number of hydrogen-bond acceptors (Lipinski definition) is 4. The lowest BCUT2D eigenvalue weighted by atomic mass is 9.96. The van der Waals surface area contributed by atoms with Crippen molar-refractivity contribution in [3.63, 3.8) is 0 Å². The summed E-state index contributed by atoms with van der Waals surface area (Å²) < 4.78 is 10.6. The number of carbonyl (C=O) groups excluding carboxylic acids is 2. The largest absolute Gasteiger partial charge is 0.466 e. The van der Waals surface area contributed by atoms with Gasteiger partial charge in [-0.05, 0) is 18.3 Å². The number of unbranched alkanes of at least 4 members (excludes halogenated alkanes) is 6. The Bertz CT molecular complexity index is 329. The van der Waals surface area contributed by atoms with Gasteiger partial charge in [-0.2, -0.15) is 0 Å². The summed E-state index contributed by atoms with van der Waals surface area (Å²) in [4.78, 5) is 23.5. The summed E-state index contributed by atoms with van der Waals surface area (Å²) in [7, 11) is 0. The molecule has 0 saturated carbocycles. The standard InChI is InChI=1S/C20H38O4/c1-6-7-8-9-10-11-12-15-23-18(21)13-14-19(22)24-20(16(2)3)17(4)5/h16-17,20H,6-15H2,1-5H3. The monoisotopic (exact) mass is 342 g/mol. The van der Waals surface area contributed by atoms with Gasteiger partial charge in [-0.15, -0.1) is 0 Å². The van der Waals surface area contributed by atoms with Crippen LogP contribution < -0.4 is 0 Å². The maximum Gasteiger partial charge on any atom is 0.306 e. The lowest BCUT2D eigenvalue weighted by molar-refractivity contribution is -0.157. The van der Waals surface area contributed by atoms with Crippen LogP contribution in [0.15, 0.2) is 0 Å². The summed E-state index contributed by atoms with van der Waals surface area (Å²) in [6.07, 6.45) is 8.46. The van der Waals surface area contributed by atoms with Crippen LogP contribution >= 0.6 is 0 Å². The molecule has 0 aliphatic heterocycles. The Morgan fingerprint density at radius 3 is 1.79 bits per heavy atom. The van der Waals surface area contributed by atoms with Crippen LogP contribution in [0.25, 0.3) is 0 Å². The summed E-state index contributed by atoms with van der Waals surface area (Å²) in [5, 5.41) is 0. The second-order valence-corrected chi connectivity index (χ2v) is 7.28. The highest BCUT2D eigenvalue weighted by molar-refractivity contribution is 5.77. The van der Waals surface area contributed by atoms with Crippen LogP contribution in [0.2, 0.25) is 0 Å².